The van der Waals surface area contributed by atoms with Crippen molar-refractivity contribution in [2.45, 2.75) is 13.0 Å². The predicted octanol–water partition coefficient (Wildman–Crippen LogP) is 0.787. The fraction of sp³-hybridized carbons (Fsp3) is 0.538. The van der Waals surface area contributed by atoms with Crippen LogP contribution in [0, 0.1) is 0 Å². The summed E-state index contributed by atoms with van der Waals surface area (Å²) < 4.78 is 10.1. The molecule has 106 valence electrons. The van der Waals surface area contributed by atoms with E-state index in [2.05, 4.69) is 4.98 Å². The van der Waals surface area contributed by atoms with E-state index in [1.165, 1.54) is 6.20 Å². The molecular weight excluding hydrogens is 246 g/mol. The molecule has 0 spiro atoms. The van der Waals surface area contributed by atoms with Gasteiger partial charge in [0.2, 0.25) is 0 Å². The molecule has 1 rings (SSSR count). The number of nitrogens with two attached hydrogens (primary N) is 1. The molecule has 0 aromatic carbocycles. The van der Waals surface area contributed by atoms with Gasteiger partial charge in [-0.1, -0.05) is 0 Å². The van der Waals surface area contributed by atoms with E-state index in [9.17, 15) is 4.79 Å². The first kappa shape index (κ1) is 15.4. The van der Waals surface area contributed by atoms with Crippen molar-refractivity contribution in [3.63, 3.8) is 0 Å². The maximum atomic E-state index is 12.5. The number of pyridine rings is 1. The standard InChI is InChI=1S/C13H21N3O3/c1-10(9-19-3)16(6-7-18-2)13(17)11-4-5-15-12(14)8-11/h4-5,8,10H,6-7,9H2,1-3H3,(H2,14,15). The molecule has 19 heavy (non-hydrogen) atoms. The summed E-state index contributed by atoms with van der Waals surface area (Å²) in [6, 6.07) is 3.18. The van der Waals surface area contributed by atoms with Gasteiger partial charge in [0.1, 0.15) is 5.82 Å². The van der Waals surface area contributed by atoms with E-state index in [4.69, 9.17) is 15.2 Å². The molecule has 2 N–H and O–H groups in total. The van der Waals surface area contributed by atoms with Crippen molar-refractivity contribution in [3.05, 3.63) is 23.9 Å². The topological polar surface area (TPSA) is 77.7 Å². The van der Waals surface area contributed by atoms with Gasteiger partial charge in [0.25, 0.3) is 5.91 Å². The fourth-order valence-electron chi connectivity index (χ4n) is 1.79. The predicted molar refractivity (Wildman–Crippen MR) is 72.9 cm³/mol. The minimum absolute atomic E-state index is 0.0398. The maximum Gasteiger partial charge on any atom is 0.254 e. The highest BCUT2D eigenvalue weighted by molar-refractivity contribution is 5.95. The Hall–Kier alpha value is -1.66. The van der Waals surface area contributed by atoms with E-state index in [1.54, 1.807) is 31.3 Å². The van der Waals surface area contributed by atoms with Gasteiger partial charge >= 0.3 is 0 Å². The molecule has 1 aromatic rings. The zero-order valence-corrected chi connectivity index (χ0v) is 11.6. The largest absolute Gasteiger partial charge is 0.384 e. The number of rotatable bonds is 7. The number of carbonyl (C=O) groups is 1. The van der Waals surface area contributed by atoms with Gasteiger partial charge in [0.05, 0.1) is 19.3 Å². The van der Waals surface area contributed by atoms with E-state index < -0.39 is 0 Å². The van der Waals surface area contributed by atoms with E-state index in [-0.39, 0.29) is 11.9 Å². The molecule has 0 radical (unpaired) electrons. The average Bonchev–Trinajstić information content (AvgIpc) is 2.39. The molecule has 0 aliphatic carbocycles. The van der Waals surface area contributed by atoms with Crippen LogP contribution in [0.15, 0.2) is 18.3 Å². The molecule has 0 saturated carbocycles. The third-order valence-electron chi connectivity index (χ3n) is 2.77. The molecule has 0 saturated heterocycles. The van der Waals surface area contributed by atoms with Crippen LogP contribution in [0.4, 0.5) is 5.82 Å². The quantitative estimate of drug-likeness (QED) is 0.790. The second-order valence-electron chi connectivity index (χ2n) is 4.27. The minimum Gasteiger partial charge on any atom is -0.384 e. The molecule has 1 aromatic heterocycles. The second-order valence-corrected chi connectivity index (χ2v) is 4.27. The molecule has 0 aliphatic heterocycles. The lowest BCUT2D eigenvalue weighted by Crippen LogP contribution is -2.43. The van der Waals surface area contributed by atoms with Crippen molar-refractivity contribution in [1.82, 2.24) is 9.88 Å². The summed E-state index contributed by atoms with van der Waals surface area (Å²) >= 11 is 0. The van der Waals surface area contributed by atoms with Crippen LogP contribution in [0.2, 0.25) is 0 Å². The number of hydrogen-bond donors (Lipinski definition) is 1. The summed E-state index contributed by atoms with van der Waals surface area (Å²) in [7, 11) is 3.22. The van der Waals surface area contributed by atoms with Gasteiger partial charge in [-0.15, -0.1) is 0 Å². The third kappa shape index (κ3) is 4.50. The molecule has 0 bridgehead atoms. The highest BCUT2D eigenvalue weighted by Gasteiger charge is 2.21. The third-order valence-corrected chi connectivity index (χ3v) is 2.77. The van der Waals surface area contributed by atoms with Gasteiger partial charge in [-0.05, 0) is 19.1 Å². The van der Waals surface area contributed by atoms with Crippen LogP contribution in [0.5, 0.6) is 0 Å². The minimum atomic E-state index is -0.101. The van der Waals surface area contributed by atoms with Gasteiger partial charge in [0, 0.05) is 32.5 Å². The van der Waals surface area contributed by atoms with Crippen molar-refractivity contribution < 1.29 is 14.3 Å². The van der Waals surface area contributed by atoms with Gasteiger partial charge in [-0.25, -0.2) is 4.98 Å². The number of ether oxygens (including phenoxy) is 2. The lowest BCUT2D eigenvalue weighted by Gasteiger charge is -2.28. The van der Waals surface area contributed by atoms with Crippen LogP contribution in [-0.4, -0.2) is 55.8 Å². The number of nitrogen functional groups attached to an aromatic ring is 1. The summed E-state index contributed by atoms with van der Waals surface area (Å²) in [4.78, 5) is 18.0. The zero-order valence-electron chi connectivity index (χ0n) is 11.6. The van der Waals surface area contributed by atoms with Gasteiger partial charge in [-0.2, -0.15) is 0 Å². The molecular formula is C13H21N3O3. The molecule has 1 atom stereocenters. The molecule has 1 unspecified atom stereocenters. The Balaban J connectivity index is 2.86. The molecule has 6 nitrogen and oxygen atoms in total. The molecule has 0 aliphatic rings. The lowest BCUT2D eigenvalue weighted by molar-refractivity contribution is 0.0479. The van der Waals surface area contributed by atoms with Crippen LogP contribution >= 0.6 is 0 Å². The van der Waals surface area contributed by atoms with Crippen LogP contribution in [0.1, 0.15) is 17.3 Å². The lowest BCUT2D eigenvalue weighted by atomic mass is 10.2. The number of hydrogen-bond acceptors (Lipinski definition) is 5. The molecule has 6 heteroatoms. The zero-order chi connectivity index (χ0) is 14.3. The fourth-order valence-corrected chi connectivity index (χ4v) is 1.79. The number of nitrogens with zero attached hydrogens (tertiary/aromatic N) is 2. The number of aromatic nitrogens is 1. The Morgan fingerprint density at radius 3 is 2.79 bits per heavy atom. The van der Waals surface area contributed by atoms with Crippen molar-refractivity contribution in [1.29, 1.82) is 0 Å². The van der Waals surface area contributed by atoms with E-state index in [0.29, 0.717) is 31.1 Å². The first-order valence-electron chi connectivity index (χ1n) is 6.10. The molecule has 1 amide bonds. The van der Waals surface area contributed by atoms with E-state index >= 15 is 0 Å². The van der Waals surface area contributed by atoms with E-state index in [0.717, 1.165) is 0 Å². The SMILES string of the molecule is COCCN(C(=O)c1ccnc(N)c1)C(C)COC. The van der Waals surface area contributed by atoms with Gasteiger partial charge < -0.3 is 20.1 Å². The Bertz CT molecular complexity index is 412. The molecule has 0 fully saturated rings. The summed E-state index contributed by atoms with van der Waals surface area (Å²) in [5, 5.41) is 0. The van der Waals surface area contributed by atoms with Crippen LogP contribution in [0.25, 0.3) is 0 Å². The summed E-state index contributed by atoms with van der Waals surface area (Å²) in [5.41, 5.74) is 6.12. The van der Waals surface area contributed by atoms with Crippen LogP contribution in [-0.2, 0) is 9.47 Å². The normalized spacial score (nSPS) is 12.2. The van der Waals surface area contributed by atoms with Crippen LogP contribution in [0.3, 0.4) is 0 Å². The van der Waals surface area contributed by atoms with Gasteiger partial charge in [-0.3, -0.25) is 4.79 Å². The average molecular weight is 267 g/mol. The number of carbonyl (C=O) groups excluding carboxylic acids is 1. The smallest absolute Gasteiger partial charge is 0.254 e. The number of methoxy groups -OCH3 is 2. The monoisotopic (exact) mass is 267 g/mol. The first-order chi connectivity index (χ1) is 9.10. The maximum absolute atomic E-state index is 12.5. The van der Waals surface area contributed by atoms with Gasteiger partial charge in [0.15, 0.2) is 0 Å². The summed E-state index contributed by atoms with van der Waals surface area (Å²) in [5.74, 6) is 0.229. The molecule has 1 heterocycles. The first-order valence-corrected chi connectivity index (χ1v) is 6.10. The van der Waals surface area contributed by atoms with Crippen molar-refractivity contribution >= 4 is 11.7 Å². The number of amides is 1. The van der Waals surface area contributed by atoms with Crippen molar-refractivity contribution in [2.24, 2.45) is 0 Å². The Kier molecular flexibility index (Phi) is 6.24. The van der Waals surface area contributed by atoms with Crippen molar-refractivity contribution in [2.75, 3.05) is 39.7 Å². The Morgan fingerprint density at radius 1 is 1.47 bits per heavy atom. The second kappa shape index (κ2) is 7.70. The van der Waals surface area contributed by atoms with Crippen molar-refractivity contribution in [3.8, 4) is 0 Å². The Labute approximate surface area is 113 Å². The van der Waals surface area contributed by atoms with Crippen LogP contribution < -0.4 is 5.73 Å². The highest BCUT2D eigenvalue weighted by Crippen LogP contribution is 2.10. The number of anilines is 1. The summed E-state index contributed by atoms with van der Waals surface area (Å²) in [6.07, 6.45) is 1.53. The highest BCUT2D eigenvalue weighted by atomic mass is 16.5. The Morgan fingerprint density at radius 2 is 2.21 bits per heavy atom. The van der Waals surface area contributed by atoms with E-state index in [1.807, 2.05) is 6.92 Å². The summed E-state index contributed by atoms with van der Waals surface area (Å²) in [6.45, 7) is 3.38.